The van der Waals surface area contributed by atoms with Gasteiger partial charge >= 0.3 is 0 Å². The molecule has 1 aromatic carbocycles. The van der Waals surface area contributed by atoms with Crippen LogP contribution in [0.1, 0.15) is 6.42 Å². The number of halogens is 3. The van der Waals surface area contributed by atoms with Crippen LogP contribution in [0.4, 0.5) is 0 Å². The molecule has 0 amide bonds. The standard InChI is InChI=1S/C9H9Cl2IO/c10-7-2-3-9(8(11)6-7)13-5-1-4-12/h2-3,6H,1,4-5H2. The summed E-state index contributed by atoms with van der Waals surface area (Å²) in [5.74, 6) is 0.705. The summed E-state index contributed by atoms with van der Waals surface area (Å²) in [6.45, 7) is 0.699. The molecule has 4 heteroatoms. The van der Waals surface area contributed by atoms with Crippen molar-refractivity contribution in [1.82, 2.24) is 0 Å². The second kappa shape index (κ2) is 5.94. The molecule has 72 valence electrons. The number of ether oxygens (including phenoxy) is 1. The minimum absolute atomic E-state index is 0.570. The smallest absolute Gasteiger partial charge is 0.137 e. The molecule has 1 nitrogen and oxygen atoms in total. The second-order valence-corrected chi connectivity index (χ2v) is 4.39. The molecule has 0 aliphatic heterocycles. The van der Waals surface area contributed by atoms with Crippen molar-refractivity contribution < 1.29 is 4.74 Å². The maximum absolute atomic E-state index is 5.90. The third-order valence-corrected chi connectivity index (χ3v) is 2.72. The third-order valence-electron chi connectivity index (χ3n) is 1.43. The van der Waals surface area contributed by atoms with Crippen molar-refractivity contribution in [2.24, 2.45) is 0 Å². The minimum atomic E-state index is 0.570. The van der Waals surface area contributed by atoms with Crippen LogP contribution >= 0.6 is 45.8 Å². The van der Waals surface area contributed by atoms with E-state index in [1.807, 2.05) is 0 Å². The van der Waals surface area contributed by atoms with Crippen molar-refractivity contribution in [2.75, 3.05) is 11.0 Å². The summed E-state index contributed by atoms with van der Waals surface area (Å²) in [6.07, 6.45) is 1.03. The molecule has 0 fully saturated rings. The maximum atomic E-state index is 5.90. The molecule has 1 rings (SSSR count). The van der Waals surface area contributed by atoms with Crippen LogP contribution in [0.3, 0.4) is 0 Å². The van der Waals surface area contributed by atoms with E-state index in [-0.39, 0.29) is 0 Å². The van der Waals surface area contributed by atoms with Crippen LogP contribution in [0.2, 0.25) is 10.0 Å². The average Bonchev–Trinajstić information content (AvgIpc) is 2.09. The van der Waals surface area contributed by atoms with Crippen molar-refractivity contribution in [2.45, 2.75) is 6.42 Å². The van der Waals surface area contributed by atoms with Gasteiger partial charge in [0.2, 0.25) is 0 Å². The molecule has 0 radical (unpaired) electrons. The summed E-state index contributed by atoms with van der Waals surface area (Å²) in [6, 6.07) is 5.24. The van der Waals surface area contributed by atoms with Gasteiger partial charge in [0.25, 0.3) is 0 Å². The van der Waals surface area contributed by atoms with Crippen LogP contribution in [0.25, 0.3) is 0 Å². The first-order valence-electron chi connectivity index (χ1n) is 3.88. The largest absolute Gasteiger partial charge is 0.492 e. The van der Waals surface area contributed by atoms with Gasteiger partial charge in [-0.25, -0.2) is 0 Å². The molecule has 0 unspecified atom stereocenters. The van der Waals surface area contributed by atoms with E-state index in [1.54, 1.807) is 18.2 Å². The molecule has 13 heavy (non-hydrogen) atoms. The van der Waals surface area contributed by atoms with Gasteiger partial charge in [-0.15, -0.1) is 0 Å². The first kappa shape index (κ1) is 11.4. The lowest BCUT2D eigenvalue weighted by molar-refractivity contribution is 0.320. The highest BCUT2D eigenvalue weighted by Crippen LogP contribution is 2.27. The molecular weight excluding hydrogens is 322 g/mol. The number of benzene rings is 1. The maximum Gasteiger partial charge on any atom is 0.137 e. The molecule has 0 saturated carbocycles. The van der Waals surface area contributed by atoms with Crippen LogP contribution in [0.5, 0.6) is 5.75 Å². The zero-order chi connectivity index (χ0) is 9.68. The second-order valence-electron chi connectivity index (χ2n) is 2.47. The van der Waals surface area contributed by atoms with Crippen molar-refractivity contribution >= 4 is 45.8 Å². The highest BCUT2D eigenvalue weighted by atomic mass is 127. The fraction of sp³-hybridized carbons (Fsp3) is 0.333. The lowest BCUT2D eigenvalue weighted by atomic mass is 10.3. The van der Waals surface area contributed by atoms with Crippen LogP contribution < -0.4 is 4.74 Å². The minimum Gasteiger partial charge on any atom is -0.492 e. The fourth-order valence-electron chi connectivity index (χ4n) is 0.829. The Morgan fingerprint density at radius 2 is 2.08 bits per heavy atom. The summed E-state index contributed by atoms with van der Waals surface area (Å²) in [4.78, 5) is 0. The van der Waals surface area contributed by atoms with Gasteiger partial charge in [0.05, 0.1) is 11.6 Å². The Morgan fingerprint density at radius 3 is 2.69 bits per heavy atom. The topological polar surface area (TPSA) is 9.23 Å². The van der Waals surface area contributed by atoms with Crippen molar-refractivity contribution in [3.63, 3.8) is 0 Å². The average molecular weight is 331 g/mol. The summed E-state index contributed by atoms with van der Waals surface area (Å²) >= 11 is 13.9. The lowest BCUT2D eigenvalue weighted by Gasteiger charge is -2.06. The van der Waals surface area contributed by atoms with E-state index in [2.05, 4.69) is 22.6 Å². The Hall–Kier alpha value is 0.330. The van der Waals surface area contributed by atoms with E-state index in [0.29, 0.717) is 22.4 Å². The predicted octanol–water partition coefficient (Wildman–Crippen LogP) is 4.20. The monoisotopic (exact) mass is 330 g/mol. The van der Waals surface area contributed by atoms with Crippen LogP contribution in [0.15, 0.2) is 18.2 Å². The molecule has 0 aliphatic carbocycles. The summed E-state index contributed by atoms with van der Waals surface area (Å²) < 4.78 is 6.52. The highest BCUT2D eigenvalue weighted by molar-refractivity contribution is 14.1. The molecule has 0 aliphatic rings. The van der Waals surface area contributed by atoms with Crippen molar-refractivity contribution in [3.05, 3.63) is 28.2 Å². The van der Waals surface area contributed by atoms with Gasteiger partial charge in [0, 0.05) is 9.45 Å². The van der Waals surface area contributed by atoms with Gasteiger partial charge in [0.15, 0.2) is 0 Å². The zero-order valence-electron chi connectivity index (χ0n) is 6.90. The number of hydrogen-bond acceptors (Lipinski definition) is 1. The molecule has 0 atom stereocenters. The Balaban J connectivity index is 2.56. The van der Waals surface area contributed by atoms with E-state index in [9.17, 15) is 0 Å². The molecule has 0 aromatic heterocycles. The van der Waals surface area contributed by atoms with Gasteiger partial charge in [-0.3, -0.25) is 0 Å². The van der Waals surface area contributed by atoms with E-state index < -0.39 is 0 Å². The summed E-state index contributed by atoms with van der Waals surface area (Å²) in [5, 5.41) is 1.20. The SMILES string of the molecule is Clc1ccc(OCCCI)c(Cl)c1. The Kier molecular flexibility index (Phi) is 5.21. The zero-order valence-corrected chi connectivity index (χ0v) is 10.6. The van der Waals surface area contributed by atoms with Gasteiger partial charge in [-0.1, -0.05) is 45.8 Å². The van der Waals surface area contributed by atoms with E-state index in [0.717, 1.165) is 10.8 Å². The van der Waals surface area contributed by atoms with E-state index >= 15 is 0 Å². The van der Waals surface area contributed by atoms with Gasteiger partial charge in [-0.2, -0.15) is 0 Å². The predicted molar refractivity (Wildman–Crippen MR) is 65.5 cm³/mol. The molecule has 0 saturated heterocycles. The highest BCUT2D eigenvalue weighted by Gasteiger charge is 2.01. The Morgan fingerprint density at radius 1 is 1.31 bits per heavy atom. The molecule has 0 bridgehead atoms. The van der Waals surface area contributed by atoms with Crippen molar-refractivity contribution in [1.29, 1.82) is 0 Å². The third kappa shape index (κ3) is 3.92. The van der Waals surface area contributed by atoms with Crippen molar-refractivity contribution in [3.8, 4) is 5.75 Å². The van der Waals surface area contributed by atoms with Gasteiger partial charge in [0.1, 0.15) is 5.75 Å². The first-order chi connectivity index (χ1) is 6.24. The Labute approximate surface area is 102 Å². The molecule has 1 aromatic rings. The quantitative estimate of drug-likeness (QED) is 0.457. The van der Waals surface area contributed by atoms with Crippen LogP contribution in [0, 0.1) is 0 Å². The number of rotatable bonds is 4. The van der Waals surface area contributed by atoms with E-state index in [1.165, 1.54) is 0 Å². The summed E-state index contributed by atoms with van der Waals surface area (Å²) in [5.41, 5.74) is 0. The molecular formula is C9H9Cl2IO. The normalized spacial score (nSPS) is 10.1. The number of alkyl halides is 1. The van der Waals surface area contributed by atoms with E-state index in [4.69, 9.17) is 27.9 Å². The fourth-order valence-corrected chi connectivity index (χ4v) is 1.60. The van der Waals surface area contributed by atoms with Gasteiger partial charge < -0.3 is 4.74 Å². The lowest BCUT2D eigenvalue weighted by Crippen LogP contribution is -1.97. The van der Waals surface area contributed by atoms with Crippen LogP contribution in [-0.4, -0.2) is 11.0 Å². The summed E-state index contributed by atoms with van der Waals surface area (Å²) in [7, 11) is 0. The van der Waals surface area contributed by atoms with Crippen LogP contribution in [-0.2, 0) is 0 Å². The van der Waals surface area contributed by atoms with Gasteiger partial charge in [-0.05, 0) is 24.6 Å². The molecule has 0 heterocycles. The molecule has 0 N–H and O–H groups in total. The molecule has 0 spiro atoms. The Bertz CT molecular complexity index is 278. The number of hydrogen-bond donors (Lipinski definition) is 0. The first-order valence-corrected chi connectivity index (χ1v) is 6.16.